The van der Waals surface area contributed by atoms with E-state index in [0.29, 0.717) is 10.2 Å². The zero-order valence-corrected chi connectivity index (χ0v) is 11.2. The van der Waals surface area contributed by atoms with Crippen LogP contribution < -0.4 is 11.0 Å². The van der Waals surface area contributed by atoms with Crippen LogP contribution in [0.15, 0.2) is 44.8 Å². The lowest BCUT2D eigenvalue weighted by atomic mass is 10.2. The Balaban J connectivity index is 2.09. The van der Waals surface area contributed by atoms with E-state index in [1.165, 1.54) is 11.8 Å². The highest BCUT2D eigenvalue weighted by atomic mass is 79.9. The average Bonchev–Trinajstić information content (AvgIpc) is 2.37. The number of H-pyrrole nitrogens is 1. The maximum Gasteiger partial charge on any atom is 0.280 e. The molecule has 0 unspecified atom stereocenters. The summed E-state index contributed by atoms with van der Waals surface area (Å²) >= 11 is 3.16. The van der Waals surface area contributed by atoms with E-state index in [9.17, 15) is 4.79 Å². The van der Waals surface area contributed by atoms with Crippen LogP contribution in [0.3, 0.4) is 0 Å². The summed E-state index contributed by atoms with van der Waals surface area (Å²) in [5.74, 6) is 0. The third-order valence-corrected chi connectivity index (χ3v) is 3.06. The Labute approximate surface area is 112 Å². The third-order valence-electron chi connectivity index (χ3n) is 2.27. The highest BCUT2D eigenvalue weighted by molar-refractivity contribution is 9.10. The van der Waals surface area contributed by atoms with Crippen molar-refractivity contribution in [1.29, 1.82) is 0 Å². The lowest BCUT2D eigenvalue weighted by Gasteiger charge is -2.00. The molecule has 0 radical (unpaired) electrons. The minimum atomic E-state index is -0.300. The van der Waals surface area contributed by atoms with Crippen LogP contribution in [0.2, 0.25) is 0 Å². The first-order valence-corrected chi connectivity index (χ1v) is 6.05. The molecule has 2 aromatic rings. The number of halogens is 1. The number of hydrogen-bond donors (Lipinski definition) is 2. The fourth-order valence-electron chi connectivity index (χ4n) is 1.29. The van der Waals surface area contributed by atoms with E-state index >= 15 is 0 Å². The second-order valence-electron chi connectivity index (χ2n) is 3.71. The van der Waals surface area contributed by atoms with Crippen LogP contribution in [0, 0.1) is 6.92 Å². The SMILES string of the molecule is Cc1ccc(/C=N/Nc2cn[nH]c(=O)c2Br)cc1. The molecule has 2 rings (SSSR count). The number of benzene rings is 1. The van der Waals surface area contributed by atoms with Gasteiger partial charge in [-0.1, -0.05) is 29.8 Å². The van der Waals surface area contributed by atoms with Crippen molar-refractivity contribution in [1.82, 2.24) is 10.2 Å². The molecule has 0 aliphatic carbocycles. The van der Waals surface area contributed by atoms with Gasteiger partial charge in [0.15, 0.2) is 0 Å². The van der Waals surface area contributed by atoms with Crippen LogP contribution in [0.1, 0.15) is 11.1 Å². The quantitative estimate of drug-likeness (QED) is 0.675. The number of hydrazone groups is 1. The Hall–Kier alpha value is -1.95. The summed E-state index contributed by atoms with van der Waals surface area (Å²) in [6.45, 7) is 2.03. The number of rotatable bonds is 3. The number of aryl methyl sites for hydroxylation is 1. The van der Waals surface area contributed by atoms with Crippen molar-refractivity contribution in [2.75, 3.05) is 5.43 Å². The number of hydrogen-bond acceptors (Lipinski definition) is 4. The first kappa shape index (κ1) is 12.5. The molecule has 18 heavy (non-hydrogen) atoms. The molecule has 0 aliphatic rings. The van der Waals surface area contributed by atoms with Crippen LogP contribution >= 0.6 is 15.9 Å². The lowest BCUT2D eigenvalue weighted by Crippen LogP contribution is -2.10. The van der Waals surface area contributed by atoms with E-state index < -0.39 is 0 Å². The van der Waals surface area contributed by atoms with Gasteiger partial charge in [-0.3, -0.25) is 10.2 Å². The van der Waals surface area contributed by atoms with Gasteiger partial charge in [0.2, 0.25) is 0 Å². The Kier molecular flexibility index (Phi) is 3.88. The van der Waals surface area contributed by atoms with Crippen molar-refractivity contribution in [3.63, 3.8) is 0 Å². The second kappa shape index (κ2) is 5.59. The van der Waals surface area contributed by atoms with Crippen LogP contribution in [0.4, 0.5) is 5.69 Å². The smallest absolute Gasteiger partial charge is 0.275 e. The molecule has 2 N–H and O–H groups in total. The largest absolute Gasteiger partial charge is 0.280 e. The standard InChI is InChI=1S/C12H11BrN4O/c1-8-2-4-9(5-3-8)6-14-16-10-7-15-17-12(18)11(10)13/h2-7H,1H3,(H2,16,17,18)/b14-6+. The molecule has 1 heterocycles. The van der Waals surface area contributed by atoms with Crippen molar-refractivity contribution >= 4 is 27.8 Å². The first-order valence-electron chi connectivity index (χ1n) is 5.26. The van der Waals surface area contributed by atoms with Gasteiger partial charge in [-0.25, -0.2) is 5.10 Å². The average molecular weight is 307 g/mol. The summed E-state index contributed by atoms with van der Waals surface area (Å²) in [5, 5.41) is 10.0. The topological polar surface area (TPSA) is 70.1 Å². The molecule has 0 spiro atoms. The van der Waals surface area contributed by atoms with Crippen LogP contribution in [-0.4, -0.2) is 16.4 Å². The lowest BCUT2D eigenvalue weighted by molar-refractivity contribution is 0.977. The van der Waals surface area contributed by atoms with Gasteiger partial charge in [0.05, 0.1) is 18.1 Å². The Morgan fingerprint density at radius 2 is 2.11 bits per heavy atom. The van der Waals surface area contributed by atoms with Gasteiger partial charge in [-0.2, -0.15) is 10.2 Å². The number of aromatic nitrogens is 2. The van der Waals surface area contributed by atoms with Crippen LogP contribution in [0.25, 0.3) is 0 Å². The van der Waals surface area contributed by atoms with Gasteiger partial charge in [0, 0.05) is 0 Å². The normalized spacial score (nSPS) is 10.8. The van der Waals surface area contributed by atoms with Crippen LogP contribution in [-0.2, 0) is 0 Å². The zero-order valence-electron chi connectivity index (χ0n) is 9.64. The van der Waals surface area contributed by atoms with Crippen molar-refractivity contribution in [2.45, 2.75) is 6.92 Å². The van der Waals surface area contributed by atoms with E-state index in [1.807, 2.05) is 31.2 Å². The van der Waals surface area contributed by atoms with E-state index in [1.54, 1.807) is 6.21 Å². The number of anilines is 1. The maximum atomic E-state index is 11.3. The molecular weight excluding hydrogens is 296 g/mol. The van der Waals surface area contributed by atoms with E-state index in [0.717, 1.165) is 5.56 Å². The van der Waals surface area contributed by atoms with Crippen molar-refractivity contribution in [3.05, 3.63) is 56.4 Å². The maximum absolute atomic E-state index is 11.3. The Morgan fingerprint density at radius 1 is 1.39 bits per heavy atom. The monoisotopic (exact) mass is 306 g/mol. The summed E-state index contributed by atoms with van der Waals surface area (Å²) in [6, 6.07) is 7.94. The predicted octanol–water partition coefficient (Wildman–Crippen LogP) is 2.29. The summed E-state index contributed by atoms with van der Waals surface area (Å²) in [5.41, 5.74) is 5.14. The summed E-state index contributed by atoms with van der Waals surface area (Å²) in [4.78, 5) is 11.3. The minimum absolute atomic E-state index is 0.300. The highest BCUT2D eigenvalue weighted by Crippen LogP contribution is 2.14. The number of nitrogens with one attached hydrogen (secondary N) is 2. The number of aromatic amines is 1. The Morgan fingerprint density at radius 3 is 2.83 bits per heavy atom. The molecule has 0 amide bonds. The molecule has 0 aliphatic heterocycles. The first-order chi connectivity index (χ1) is 8.66. The molecule has 0 bridgehead atoms. The molecule has 0 saturated carbocycles. The third kappa shape index (κ3) is 3.04. The molecular formula is C12H11BrN4O. The highest BCUT2D eigenvalue weighted by Gasteiger charge is 2.01. The fraction of sp³-hybridized carbons (Fsp3) is 0.0833. The summed E-state index contributed by atoms with van der Waals surface area (Å²) in [7, 11) is 0. The molecule has 0 fully saturated rings. The number of nitrogens with zero attached hydrogens (tertiary/aromatic N) is 2. The second-order valence-corrected chi connectivity index (χ2v) is 4.50. The van der Waals surface area contributed by atoms with E-state index in [2.05, 4.69) is 36.7 Å². The van der Waals surface area contributed by atoms with Crippen molar-refractivity contribution in [2.24, 2.45) is 5.10 Å². The summed E-state index contributed by atoms with van der Waals surface area (Å²) in [6.07, 6.45) is 3.16. The van der Waals surface area contributed by atoms with E-state index in [4.69, 9.17) is 0 Å². The Bertz CT molecular complexity index is 619. The predicted molar refractivity (Wildman–Crippen MR) is 75.0 cm³/mol. The summed E-state index contributed by atoms with van der Waals surface area (Å²) < 4.78 is 0.374. The molecule has 5 nitrogen and oxygen atoms in total. The molecule has 6 heteroatoms. The molecule has 92 valence electrons. The van der Waals surface area contributed by atoms with Gasteiger partial charge in [-0.05, 0) is 28.4 Å². The molecule has 1 aromatic carbocycles. The van der Waals surface area contributed by atoms with Crippen molar-refractivity contribution in [3.8, 4) is 0 Å². The van der Waals surface area contributed by atoms with Gasteiger partial charge >= 0.3 is 0 Å². The van der Waals surface area contributed by atoms with Gasteiger partial charge in [0.25, 0.3) is 5.56 Å². The minimum Gasteiger partial charge on any atom is -0.275 e. The zero-order chi connectivity index (χ0) is 13.0. The molecule has 0 saturated heterocycles. The van der Waals surface area contributed by atoms with Gasteiger partial charge in [-0.15, -0.1) is 0 Å². The van der Waals surface area contributed by atoms with Gasteiger partial charge < -0.3 is 0 Å². The molecule has 0 atom stereocenters. The van der Waals surface area contributed by atoms with Crippen molar-refractivity contribution < 1.29 is 0 Å². The van der Waals surface area contributed by atoms with Gasteiger partial charge in [0.1, 0.15) is 4.47 Å². The van der Waals surface area contributed by atoms with E-state index in [-0.39, 0.29) is 5.56 Å². The molecule has 1 aromatic heterocycles. The van der Waals surface area contributed by atoms with Crippen LogP contribution in [0.5, 0.6) is 0 Å². The fourth-order valence-corrected chi connectivity index (χ4v) is 1.57.